The average Bonchev–Trinajstić information content (AvgIpc) is 2.47. The van der Waals surface area contributed by atoms with Crippen LogP contribution in [0.5, 0.6) is 0 Å². The number of benzene rings is 1. The molecule has 1 fully saturated rings. The van der Waals surface area contributed by atoms with E-state index in [0.717, 1.165) is 32.7 Å². The summed E-state index contributed by atoms with van der Waals surface area (Å²) in [6.07, 6.45) is 0.703. The van der Waals surface area contributed by atoms with Crippen molar-refractivity contribution in [2.45, 2.75) is 25.5 Å². The van der Waals surface area contributed by atoms with Crippen LogP contribution in [0.3, 0.4) is 0 Å². The molecular weight excluding hydrogens is 280 g/mol. The van der Waals surface area contributed by atoms with E-state index >= 15 is 0 Å². The van der Waals surface area contributed by atoms with Crippen molar-refractivity contribution >= 4 is 18.5 Å². The third-order valence-corrected chi connectivity index (χ3v) is 4.27. The lowest BCUT2D eigenvalue weighted by Crippen LogP contribution is -2.51. The van der Waals surface area contributed by atoms with Gasteiger partial charge in [-0.15, -0.1) is 0 Å². The van der Waals surface area contributed by atoms with Gasteiger partial charge in [-0.1, -0.05) is 44.2 Å². The molecule has 0 spiro atoms. The second kappa shape index (κ2) is 7.85. The molecule has 2 rings (SSSR count). The van der Waals surface area contributed by atoms with E-state index in [9.17, 15) is 4.79 Å². The van der Waals surface area contributed by atoms with Crippen LogP contribution in [0, 0.1) is 5.92 Å². The average molecular weight is 306 g/mol. The molecule has 21 heavy (non-hydrogen) atoms. The normalized spacial score (nSPS) is 18.0. The molecule has 0 saturated carbocycles. The molecular formula is C17H26N2OS. The van der Waals surface area contributed by atoms with Crippen LogP contribution in [0.25, 0.3) is 0 Å². The molecule has 0 N–H and O–H groups in total. The van der Waals surface area contributed by atoms with Crippen molar-refractivity contribution in [2.75, 3.05) is 32.7 Å². The van der Waals surface area contributed by atoms with Gasteiger partial charge >= 0.3 is 0 Å². The second-order valence-corrected chi connectivity index (χ2v) is 6.85. The summed E-state index contributed by atoms with van der Waals surface area (Å²) < 4.78 is 0. The highest BCUT2D eigenvalue weighted by Crippen LogP contribution is 2.13. The van der Waals surface area contributed by atoms with Crippen LogP contribution in [0.1, 0.15) is 19.4 Å². The summed E-state index contributed by atoms with van der Waals surface area (Å²) in [5.74, 6) is 0.856. The number of amides is 1. The molecule has 1 aromatic carbocycles. The molecule has 0 aromatic heterocycles. The summed E-state index contributed by atoms with van der Waals surface area (Å²) in [5.41, 5.74) is 1.17. The SMILES string of the molecule is CC(C)CN1CCN(C(=O)C(S)Cc2ccccc2)CC1. The van der Waals surface area contributed by atoms with Gasteiger partial charge in [0.05, 0.1) is 5.25 Å². The maximum absolute atomic E-state index is 12.5. The van der Waals surface area contributed by atoms with Crippen LogP contribution < -0.4 is 0 Å². The minimum atomic E-state index is -0.232. The van der Waals surface area contributed by atoms with Gasteiger partial charge < -0.3 is 4.90 Å². The van der Waals surface area contributed by atoms with E-state index in [1.54, 1.807) is 0 Å². The minimum absolute atomic E-state index is 0.173. The first-order valence-corrected chi connectivity index (χ1v) is 8.31. The largest absolute Gasteiger partial charge is 0.339 e. The zero-order chi connectivity index (χ0) is 15.2. The van der Waals surface area contributed by atoms with Crippen molar-refractivity contribution in [3.05, 3.63) is 35.9 Å². The molecule has 3 nitrogen and oxygen atoms in total. The predicted octanol–water partition coefficient (Wildman–Crippen LogP) is 2.33. The monoisotopic (exact) mass is 306 g/mol. The lowest BCUT2D eigenvalue weighted by atomic mass is 10.1. The number of piperazine rings is 1. The Bertz CT molecular complexity index is 441. The highest BCUT2D eigenvalue weighted by Gasteiger charge is 2.25. The van der Waals surface area contributed by atoms with Crippen molar-refractivity contribution < 1.29 is 4.79 Å². The van der Waals surface area contributed by atoms with Gasteiger partial charge in [0.15, 0.2) is 0 Å². The summed E-state index contributed by atoms with van der Waals surface area (Å²) in [6, 6.07) is 10.1. The number of carbonyl (C=O) groups is 1. The smallest absolute Gasteiger partial charge is 0.235 e. The van der Waals surface area contributed by atoms with E-state index in [2.05, 4.69) is 43.5 Å². The van der Waals surface area contributed by atoms with Gasteiger partial charge in [-0.2, -0.15) is 12.6 Å². The molecule has 1 amide bonds. The van der Waals surface area contributed by atoms with Crippen molar-refractivity contribution in [2.24, 2.45) is 5.92 Å². The van der Waals surface area contributed by atoms with Gasteiger partial charge in [-0.05, 0) is 17.9 Å². The Morgan fingerprint density at radius 3 is 2.33 bits per heavy atom. The number of hydrogen-bond acceptors (Lipinski definition) is 3. The molecule has 1 saturated heterocycles. The van der Waals surface area contributed by atoms with E-state index in [4.69, 9.17) is 0 Å². The number of thiol groups is 1. The Morgan fingerprint density at radius 2 is 1.76 bits per heavy atom. The van der Waals surface area contributed by atoms with Gasteiger partial charge in [0.2, 0.25) is 5.91 Å². The molecule has 116 valence electrons. The van der Waals surface area contributed by atoms with Crippen LogP contribution in [0.4, 0.5) is 0 Å². The number of rotatable bonds is 5. The summed E-state index contributed by atoms with van der Waals surface area (Å²) in [4.78, 5) is 16.9. The fourth-order valence-electron chi connectivity index (χ4n) is 2.80. The minimum Gasteiger partial charge on any atom is -0.339 e. The number of carbonyl (C=O) groups excluding carboxylic acids is 1. The topological polar surface area (TPSA) is 23.6 Å². The standard InChI is InChI=1S/C17H26N2OS/c1-14(2)13-18-8-10-19(11-9-18)17(20)16(21)12-15-6-4-3-5-7-15/h3-7,14,16,21H,8-13H2,1-2H3. The molecule has 4 heteroatoms. The van der Waals surface area contributed by atoms with Crippen molar-refractivity contribution in [1.82, 2.24) is 9.80 Å². The quantitative estimate of drug-likeness (QED) is 0.844. The Balaban J connectivity index is 1.81. The van der Waals surface area contributed by atoms with Crippen molar-refractivity contribution in [3.8, 4) is 0 Å². The van der Waals surface area contributed by atoms with E-state index in [1.165, 1.54) is 5.56 Å². The summed E-state index contributed by atoms with van der Waals surface area (Å²) in [5, 5.41) is -0.232. The summed E-state index contributed by atoms with van der Waals surface area (Å²) in [6.45, 7) is 9.22. The van der Waals surface area contributed by atoms with Crippen LogP contribution in [0.2, 0.25) is 0 Å². The molecule has 1 unspecified atom stereocenters. The molecule has 1 heterocycles. The first-order valence-electron chi connectivity index (χ1n) is 7.79. The van der Waals surface area contributed by atoms with Gasteiger partial charge in [0.1, 0.15) is 0 Å². The maximum Gasteiger partial charge on any atom is 0.235 e. The van der Waals surface area contributed by atoms with E-state index in [1.807, 2.05) is 23.1 Å². The molecule has 1 atom stereocenters. The van der Waals surface area contributed by atoms with Crippen molar-refractivity contribution in [1.29, 1.82) is 0 Å². The number of nitrogens with zero attached hydrogens (tertiary/aromatic N) is 2. The predicted molar refractivity (Wildman–Crippen MR) is 90.8 cm³/mol. The highest BCUT2D eigenvalue weighted by molar-refractivity contribution is 7.81. The molecule has 0 radical (unpaired) electrons. The molecule has 1 aliphatic rings. The first-order chi connectivity index (χ1) is 10.1. The van der Waals surface area contributed by atoms with Crippen LogP contribution in [0.15, 0.2) is 30.3 Å². The highest BCUT2D eigenvalue weighted by atomic mass is 32.1. The van der Waals surface area contributed by atoms with E-state index in [0.29, 0.717) is 12.3 Å². The third-order valence-electron chi connectivity index (χ3n) is 3.86. The Hall–Kier alpha value is -1.00. The molecule has 0 aliphatic carbocycles. The maximum atomic E-state index is 12.5. The van der Waals surface area contributed by atoms with Crippen LogP contribution in [-0.4, -0.2) is 53.7 Å². The zero-order valence-corrected chi connectivity index (χ0v) is 13.9. The number of hydrogen-bond donors (Lipinski definition) is 1. The van der Waals surface area contributed by atoms with E-state index < -0.39 is 0 Å². The zero-order valence-electron chi connectivity index (χ0n) is 13.0. The van der Waals surface area contributed by atoms with Gasteiger partial charge in [-0.3, -0.25) is 9.69 Å². The fraction of sp³-hybridized carbons (Fsp3) is 0.588. The molecule has 1 aliphatic heterocycles. The Morgan fingerprint density at radius 1 is 1.14 bits per heavy atom. The third kappa shape index (κ3) is 5.04. The molecule has 1 aromatic rings. The summed E-state index contributed by atoms with van der Waals surface area (Å²) in [7, 11) is 0. The van der Waals surface area contributed by atoms with Gasteiger partial charge in [-0.25, -0.2) is 0 Å². The van der Waals surface area contributed by atoms with Crippen LogP contribution in [-0.2, 0) is 11.2 Å². The van der Waals surface area contributed by atoms with Crippen molar-refractivity contribution in [3.63, 3.8) is 0 Å². The van der Waals surface area contributed by atoms with E-state index in [-0.39, 0.29) is 11.2 Å². The summed E-state index contributed by atoms with van der Waals surface area (Å²) >= 11 is 4.52. The Kier molecular flexibility index (Phi) is 6.12. The van der Waals surface area contributed by atoms with Gasteiger partial charge in [0.25, 0.3) is 0 Å². The second-order valence-electron chi connectivity index (χ2n) is 6.23. The lowest BCUT2D eigenvalue weighted by Gasteiger charge is -2.36. The molecule has 0 bridgehead atoms. The van der Waals surface area contributed by atoms with Gasteiger partial charge in [0, 0.05) is 32.7 Å². The van der Waals surface area contributed by atoms with Crippen LogP contribution >= 0.6 is 12.6 Å². The Labute approximate surface area is 133 Å². The lowest BCUT2D eigenvalue weighted by molar-refractivity contribution is -0.132. The fourth-order valence-corrected chi connectivity index (χ4v) is 3.18. The first kappa shape index (κ1) is 16.4.